The molecule has 2 aromatic rings. The van der Waals surface area contributed by atoms with E-state index in [9.17, 15) is 27.9 Å². The quantitative estimate of drug-likeness (QED) is 0.252. The molecule has 11 nitrogen and oxygen atoms in total. The van der Waals surface area contributed by atoms with Crippen LogP contribution in [-0.2, 0) is 32.5 Å². The van der Waals surface area contributed by atoms with E-state index in [4.69, 9.17) is 4.74 Å². The summed E-state index contributed by atoms with van der Waals surface area (Å²) in [5.74, 6) is -0.971. The van der Waals surface area contributed by atoms with Crippen molar-refractivity contribution in [2.75, 3.05) is 13.2 Å². The van der Waals surface area contributed by atoms with Gasteiger partial charge in [-0.25, -0.2) is 13.4 Å². The van der Waals surface area contributed by atoms with Crippen LogP contribution in [0.2, 0.25) is 0 Å². The minimum atomic E-state index is -4.24. The summed E-state index contributed by atoms with van der Waals surface area (Å²) in [5.41, 5.74) is 1.16. The van der Waals surface area contributed by atoms with Crippen molar-refractivity contribution in [2.45, 2.75) is 77.2 Å². The third-order valence-corrected chi connectivity index (χ3v) is 7.13. The van der Waals surface area contributed by atoms with Crippen LogP contribution in [0, 0.1) is 0 Å². The first-order chi connectivity index (χ1) is 17.5. The molecule has 0 aliphatic heterocycles. The number of aliphatic carboxylic acids is 1. The summed E-state index contributed by atoms with van der Waals surface area (Å²) in [6.45, 7) is 7.79. The van der Waals surface area contributed by atoms with Gasteiger partial charge in [0.15, 0.2) is 0 Å². The number of sulfonamides is 1. The summed E-state index contributed by atoms with van der Waals surface area (Å²) in [6, 6.07) is 2.77. The van der Waals surface area contributed by atoms with Gasteiger partial charge in [-0.3, -0.25) is 14.4 Å². The Hall–Kier alpha value is -3.25. The topological polar surface area (TPSA) is 168 Å². The van der Waals surface area contributed by atoms with Gasteiger partial charge in [0, 0.05) is 19.0 Å². The number of aryl methyl sites for hydroxylation is 1. The normalized spacial score (nSPS) is 12.2. The molecule has 0 saturated heterocycles. The molecule has 0 bridgehead atoms. The van der Waals surface area contributed by atoms with Gasteiger partial charge < -0.3 is 20.1 Å². The Kier molecular flexibility index (Phi) is 11.3. The second-order valence-electron chi connectivity index (χ2n) is 8.54. The maximum absolute atomic E-state index is 13.2. The van der Waals surface area contributed by atoms with Crippen molar-refractivity contribution < 1.29 is 27.9 Å². The van der Waals surface area contributed by atoms with Gasteiger partial charge in [-0.2, -0.15) is 4.72 Å². The van der Waals surface area contributed by atoms with Crippen LogP contribution in [0.3, 0.4) is 0 Å². The highest BCUT2D eigenvalue weighted by molar-refractivity contribution is 7.89. The lowest BCUT2D eigenvalue weighted by Gasteiger charge is -2.17. The Bertz CT molecular complexity index is 1260. The van der Waals surface area contributed by atoms with Crippen LogP contribution in [0.15, 0.2) is 27.9 Å². The summed E-state index contributed by atoms with van der Waals surface area (Å²) in [5, 5.41) is 12.2. The zero-order valence-electron chi connectivity index (χ0n) is 21.7. The molecule has 0 aliphatic rings. The number of rotatable bonds is 15. The van der Waals surface area contributed by atoms with Crippen molar-refractivity contribution in [3.8, 4) is 17.1 Å². The Morgan fingerprint density at radius 3 is 2.49 bits per heavy atom. The minimum Gasteiger partial charge on any atom is -0.493 e. The molecule has 0 aliphatic carbocycles. The minimum absolute atomic E-state index is 0.0475. The Balaban J connectivity index is 2.41. The van der Waals surface area contributed by atoms with E-state index in [0.29, 0.717) is 62.3 Å². The zero-order chi connectivity index (χ0) is 27.6. The largest absolute Gasteiger partial charge is 0.493 e. The predicted molar refractivity (Wildman–Crippen MR) is 139 cm³/mol. The number of ether oxygens (including phenoxy) is 1. The molecule has 37 heavy (non-hydrogen) atoms. The number of carboxylic acids is 1. The van der Waals surface area contributed by atoms with Crippen molar-refractivity contribution in [3.63, 3.8) is 0 Å². The third-order valence-electron chi connectivity index (χ3n) is 5.66. The van der Waals surface area contributed by atoms with Crippen LogP contribution in [-0.4, -0.2) is 54.6 Å². The van der Waals surface area contributed by atoms with Crippen LogP contribution < -0.4 is 20.3 Å². The van der Waals surface area contributed by atoms with Gasteiger partial charge in [-0.15, -0.1) is 0 Å². The molecule has 0 spiro atoms. The van der Waals surface area contributed by atoms with Crippen LogP contribution >= 0.6 is 0 Å². The number of hydrogen-bond acceptors (Lipinski definition) is 7. The van der Waals surface area contributed by atoms with Crippen LogP contribution in [0.5, 0.6) is 5.75 Å². The fourth-order valence-corrected chi connectivity index (χ4v) is 5.00. The van der Waals surface area contributed by atoms with Gasteiger partial charge >= 0.3 is 5.97 Å². The van der Waals surface area contributed by atoms with E-state index >= 15 is 0 Å². The smallest absolute Gasteiger partial charge is 0.321 e. The first kappa shape index (κ1) is 30.0. The third kappa shape index (κ3) is 8.39. The van der Waals surface area contributed by atoms with E-state index < -0.39 is 22.0 Å². The zero-order valence-corrected chi connectivity index (χ0v) is 22.5. The SMILES string of the molecule is CCCOc1ccc(S(=O)(=O)NC(CCCCNC(C)=O)C(=O)O)cc1-c1nc(CC)c(CC)c(=O)[nH]1. The van der Waals surface area contributed by atoms with E-state index in [1.54, 1.807) is 0 Å². The number of benzene rings is 1. The van der Waals surface area contributed by atoms with Crippen molar-refractivity contribution in [1.29, 1.82) is 0 Å². The maximum Gasteiger partial charge on any atom is 0.321 e. The average molecular weight is 537 g/mol. The molecule has 1 amide bonds. The van der Waals surface area contributed by atoms with E-state index in [2.05, 4.69) is 20.0 Å². The van der Waals surface area contributed by atoms with Gasteiger partial charge in [-0.1, -0.05) is 20.8 Å². The number of H-pyrrole nitrogens is 1. The van der Waals surface area contributed by atoms with Gasteiger partial charge in [0.25, 0.3) is 5.56 Å². The molecule has 1 aromatic carbocycles. The van der Waals surface area contributed by atoms with E-state index in [0.717, 1.165) is 0 Å². The highest BCUT2D eigenvalue weighted by Crippen LogP contribution is 2.31. The second kappa shape index (κ2) is 13.9. The number of carboxylic acid groups (broad SMARTS) is 1. The molecule has 0 saturated carbocycles. The number of aromatic nitrogens is 2. The summed E-state index contributed by atoms with van der Waals surface area (Å²) in [7, 11) is -4.24. The Labute approximate surface area is 217 Å². The van der Waals surface area contributed by atoms with Crippen LogP contribution in [0.25, 0.3) is 11.4 Å². The molecule has 1 atom stereocenters. The molecule has 4 N–H and O–H groups in total. The molecule has 1 unspecified atom stereocenters. The highest BCUT2D eigenvalue weighted by atomic mass is 32.2. The van der Waals surface area contributed by atoms with Gasteiger partial charge in [0.05, 0.1) is 22.8 Å². The molecule has 0 fully saturated rings. The number of unbranched alkanes of at least 4 members (excludes halogenated alkanes) is 1. The molecule has 204 valence electrons. The predicted octanol–water partition coefficient (Wildman–Crippen LogP) is 2.39. The molecular weight excluding hydrogens is 500 g/mol. The number of amides is 1. The molecule has 12 heteroatoms. The lowest BCUT2D eigenvalue weighted by molar-refractivity contribution is -0.139. The number of carbonyl (C=O) groups excluding carboxylic acids is 1. The van der Waals surface area contributed by atoms with Crippen molar-refractivity contribution in [2.24, 2.45) is 0 Å². The second-order valence-corrected chi connectivity index (χ2v) is 10.3. The number of carbonyl (C=O) groups is 2. The molecule has 2 rings (SSSR count). The summed E-state index contributed by atoms with van der Waals surface area (Å²) >= 11 is 0. The number of nitrogens with zero attached hydrogens (tertiary/aromatic N) is 1. The Morgan fingerprint density at radius 2 is 1.89 bits per heavy atom. The maximum atomic E-state index is 13.2. The fraction of sp³-hybridized carbons (Fsp3) is 0.520. The number of aromatic amines is 1. The standard InChI is InChI=1S/C25H36N4O7S/c1-5-14-36-22-12-11-17(15-19(22)23-27-20(7-3)18(6-2)24(31)28-23)37(34,35)29-21(25(32)33)10-8-9-13-26-16(4)30/h11-12,15,21,29H,5-10,13-14H2,1-4H3,(H,26,30)(H,32,33)(H,27,28,31). The Morgan fingerprint density at radius 1 is 1.16 bits per heavy atom. The lowest BCUT2D eigenvalue weighted by Crippen LogP contribution is -2.40. The average Bonchev–Trinajstić information content (AvgIpc) is 2.85. The lowest BCUT2D eigenvalue weighted by atomic mass is 10.1. The molecule has 1 heterocycles. The highest BCUT2D eigenvalue weighted by Gasteiger charge is 2.26. The van der Waals surface area contributed by atoms with E-state index in [-0.39, 0.29) is 34.2 Å². The van der Waals surface area contributed by atoms with Crippen molar-refractivity contribution in [3.05, 3.63) is 39.8 Å². The number of nitrogens with one attached hydrogen (secondary N) is 3. The fourth-order valence-electron chi connectivity index (χ4n) is 3.75. The first-order valence-corrected chi connectivity index (χ1v) is 13.9. The van der Waals surface area contributed by atoms with Gasteiger partial charge in [-0.05, 0) is 56.7 Å². The first-order valence-electron chi connectivity index (χ1n) is 12.4. The molecule has 1 aromatic heterocycles. The van der Waals surface area contributed by atoms with Gasteiger partial charge in [0.2, 0.25) is 15.9 Å². The number of hydrogen-bond donors (Lipinski definition) is 4. The summed E-state index contributed by atoms with van der Waals surface area (Å²) in [6.07, 6.45) is 2.68. The van der Waals surface area contributed by atoms with E-state index in [1.807, 2.05) is 20.8 Å². The summed E-state index contributed by atoms with van der Waals surface area (Å²) in [4.78, 5) is 42.5. The van der Waals surface area contributed by atoms with Crippen LogP contribution in [0.1, 0.15) is 64.6 Å². The van der Waals surface area contributed by atoms with E-state index in [1.165, 1.54) is 25.1 Å². The van der Waals surface area contributed by atoms with Crippen molar-refractivity contribution in [1.82, 2.24) is 20.0 Å². The molecular formula is C25H36N4O7S. The summed E-state index contributed by atoms with van der Waals surface area (Å²) < 4.78 is 34.4. The van der Waals surface area contributed by atoms with Crippen LogP contribution in [0.4, 0.5) is 0 Å². The monoisotopic (exact) mass is 536 g/mol. The van der Waals surface area contributed by atoms with Crippen molar-refractivity contribution >= 4 is 21.9 Å². The van der Waals surface area contributed by atoms with Gasteiger partial charge in [0.1, 0.15) is 17.6 Å². The molecule has 0 radical (unpaired) electrons.